The van der Waals surface area contributed by atoms with Crippen LogP contribution in [-0.4, -0.2) is 97.7 Å². The fourth-order valence-electron chi connectivity index (χ4n) is 10.5. The average Bonchev–Trinajstić information content (AvgIpc) is 3.49. The molecule has 2 saturated heterocycles. The van der Waals surface area contributed by atoms with Crippen molar-refractivity contribution in [3.05, 3.63) is 47.0 Å². The topological polar surface area (TPSA) is 170 Å². The van der Waals surface area contributed by atoms with Crippen LogP contribution in [0.15, 0.2) is 41.5 Å². The maximum atomic E-state index is 16.2. The van der Waals surface area contributed by atoms with Gasteiger partial charge in [0.15, 0.2) is 38.0 Å². The molecule has 14 heteroatoms. The van der Waals surface area contributed by atoms with Crippen molar-refractivity contribution in [2.75, 3.05) is 6.61 Å². The van der Waals surface area contributed by atoms with Gasteiger partial charge in [0.25, 0.3) is 0 Å². The Morgan fingerprint density at radius 1 is 0.982 bits per heavy atom. The molecule has 0 unspecified atom stereocenters. The van der Waals surface area contributed by atoms with Gasteiger partial charge in [-0.05, 0) is 60.7 Å². The fourth-order valence-corrected chi connectivity index (χ4v) is 13.5. The largest absolute Gasteiger partial charge is 0.509 e. The molecule has 2 saturated carbocycles. The molecule has 1 aromatic rings. The zero-order valence-electron chi connectivity index (χ0n) is 34.5. The van der Waals surface area contributed by atoms with Gasteiger partial charge in [-0.2, -0.15) is 0 Å². The van der Waals surface area contributed by atoms with Gasteiger partial charge in [-0.15, -0.1) is 0 Å². The molecule has 1 spiro atoms. The minimum atomic E-state index is -2.58. The molecule has 6 rings (SSSR count). The minimum Gasteiger partial charge on any atom is -0.454 e. The summed E-state index contributed by atoms with van der Waals surface area (Å²) >= 11 is 0. The summed E-state index contributed by atoms with van der Waals surface area (Å²) in [6, 6.07) is 10.4. The number of ketones is 1. The molecular formula is C42H58O13Si. The lowest BCUT2D eigenvalue weighted by molar-refractivity contribution is -0.344. The van der Waals surface area contributed by atoms with Crippen molar-refractivity contribution >= 4 is 38.2 Å². The van der Waals surface area contributed by atoms with Gasteiger partial charge in [0, 0.05) is 18.8 Å². The van der Waals surface area contributed by atoms with Gasteiger partial charge in [-0.25, -0.2) is 9.59 Å². The number of ether oxygens (including phenoxy) is 6. The van der Waals surface area contributed by atoms with Crippen molar-refractivity contribution in [1.82, 2.24) is 0 Å². The molecule has 1 aromatic carbocycles. The first-order valence-electron chi connectivity index (χ1n) is 19.9. The molecule has 3 aliphatic carbocycles. The fraction of sp³-hybridized carbons (Fsp3) is 0.690. The van der Waals surface area contributed by atoms with Crippen molar-refractivity contribution < 1.29 is 61.9 Å². The van der Waals surface area contributed by atoms with Crippen LogP contribution in [0.1, 0.15) is 99.4 Å². The van der Waals surface area contributed by atoms with Gasteiger partial charge in [0.2, 0.25) is 5.60 Å². The summed E-state index contributed by atoms with van der Waals surface area (Å²) in [5.74, 6) is -4.07. The maximum absolute atomic E-state index is 16.2. The Labute approximate surface area is 330 Å². The highest BCUT2D eigenvalue weighted by Gasteiger charge is 2.83. The summed E-state index contributed by atoms with van der Waals surface area (Å²) in [4.78, 5) is 71.6. The van der Waals surface area contributed by atoms with Gasteiger partial charge in [0.1, 0.15) is 12.2 Å². The minimum absolute atomic E-state index is 0.0415. The average molecular weight is 799 g/mol. The first-order chi connectivity index (χ1) is 26.1. The molecule has 2 bridgehead atoms. The molecule has 4 fully saturated rings. The Balaban J connectivity index is 1.73. The highest BCUT2D eigenvalue weighted by molar-refractivity contribution is 6.73. The number of carbonyl (C=O) groups excluding carboxylic acids is 5. The lowest BCUT2D eigenvalue weighted by Gasteiger charge is -2.68. The number of carbonyl (C=O) groups is 5. The number of hydrogen-bond donors (Lipinski definition) is 1. The zero-order chi connectivity index (χ0) is 41.4. The quantitative estimate of drug-likeness (QED) is 0.122. The second-order valence-corrected chi connectivity index (χ2v) is 22.9. The van der Waals surface area contributed by atoms with E-state index in [9.17, 15) is 24.3 Å². The monoisotopic (exact) mass is 798 g/mol. The number of fused-ring (bicyclic) bond motifs is 4. The van der Waals surface area contributed by atoms with Crippen LogP contribution in [0.4, 0.5) is 4.79 Å². The van der Waals surface area contributed by atoms with Crippen LogP contribution in [0.3, 0.4) is 0 Å². The number of benzene rings is 1. The van der Waals surface area contributed by atoms with Crippen LogP contribution in [-0.2, 0) is 47.2 Å². The van der Waals surface area contributed by atoms with E-state index in [0.29, 0.717) is 0 Å². The molecule has 56 heavy (non-hydrogen) atoms. The van der Waals surface area contributed by atoms with Crippen molar-refractivity contribution in [2.24, 2.45) is 22.2 Å². The van der Waals surface area contributed by atoms with E-state index in [4.69, 9.17) is 32.8 Å². The SMILES string of the molecule is CC[Si](CC)(CC)O[C@H]1C[C@H]2OC[C@@]2(OC(C)=O)[C@H]2[C@H](OC(=O)c3ccccc3)[C@]34OC(=O)O[C@H]3[C@H](O)C(C)=C([C@@H](OC(=O)CC(C)(C)C)C(=O)[C@]12C)C4(C)C. The van der Waals surface area contributed by atoms with Crippen molar-refractivity contribution in [3.63, 3.8) is 0 Å². The zero-order valence-corrected chi connectivity index (χ0v) is 35.5. The van der Waals surface area contributed by atoms with E-state index >= 15 is 4.79 Å². The van der Waals surface area contributed by atoms with Gasteiger partial charge in [-0.1, -0.05) is 73.6 Å². The Morgan fingerprint density at radius 2 is 1.61 bits per heavy atom. The summed E-state index contributed by atoms with van der Waals surface area (Å²) in [5.41, 5.74) is -6.90. The third kappa shape index (κ3) is 6.24. The van der Waals surface area contributed by atoms with E-state index in [1.165, 1.54) is 6.92 Å². The second kappa shape index (κ2) is 14.3. The highest BCUT2D eigenvalue weighted by Crippen LogP contribution is 2.67. The number of hydrogen-bond acceptors (Lipinski definition) is 13. The predicted molar refractivity (Wildman–Crippen MR) is 204 cm³/mol. The predicted octanol–water partition coefficient (Wildman–Crippen LogP) is 6.25. The summed E-state index contributed by atoms with van der Waals surface area (Å²) in [5, 5.41) is 12.2. The van der Waals surface area contributed by atoms with Crippen molar-refractivity contribution in [2.45, 2.75) is 155 Å². The molecule has 0 radical (unpaired) electrons. The summed E-state index contributed by atoms with van der Waals surface area (Å²) in [6.45, 7) is 19.6. The Bertz CT molecular complexity index is 1790. The van der Waals surface area contributed by atoms with Crippen LogP contribution >= 0.6 is 0 Å². The summed E-state index contributed by atoms with van der Waals surface area (Å²) in [6.07, 6.45) is -9.12. The molecule has 0 aromatic heterocycles. The van der Waals surface area contributed by atoms with Crippen LogP contribution in [0.25, 0.3) is 0 Å². The van der Waals surface area contributed by atoms with Gasteiger partial charge in [-0.3, -0.25) is 14.4 Å². The van der Waals surface area contributed by atoms with Crippen molar-refractivity contribution in [1.29, 1.82) is 0 Å². The molecule has 5 aliphatic rings. The number of esters is 3. The van der Waals surface area contributed by atoms with Crippen LogP contribution < -0.4 is 0 Å². The Kier molecular flexibility index (Phi) is 10.8. The van der Waals surface area contributed by atoms with Crippen LogP contribution in [0.5, 0.6) is 0 Å². The Hall–Kier alpha value is -3.59. The van der Waals surface area contributed by atoms with E-state index in [1.807, 2.05) is 20.8 Å². The lowest BCUT2D eigenvalue weighted by Crippen LogP contribution is -2.83. The number of aliphatic hydroxyl groups is 1. The smallest absolute Gasteiger partial charge is 0.454 e. The van der Waals surface area contributed by atoms with Crippen LogP contribution in [0, 0.1) is 22.2 Å². The van der Waals surface area contributed by atoms with E-state index in [-0.39, 0.29) is 36.2 Å². The number of rotatable bonds is 10. The highest BCUT2D eigenvalue weighted by atomic mass is 28.4. The summed E-state index contributed by atoms with van der Waals surface area (Å²) < 4.78 is 45.1. The van der Waals surface area contributed by atoms with E-state index in [0.717, 1.165) is 18.1 Å². The number of aliphatic hydroxyl groups excluding tert-OH is 1. The van der Waals surface area contributed by atoms with Gasteiger partial charge in [0.05, 0.1) is 36.0 Å². The molecule has 0 amide bonds. The molecule has 308 valence electrons. The standard InChI is InChI=1S/C42H58O13Si/c1-12-56(13-2,14-3)55-26-20-27-41(22-49-27,53-24(5)43)32-35(51-36(47)25-18-16-15-17-19-25)42-34(52-37(48)54-42)30(45)23(4)29(39(42,9)10)31(33(46)40(26,32)11)50-28(44)21-38(6,7)8/h15-19,26-27,30-32,34-35,45H,12-14,20-22H2,1-11H3/t26-,27+,30+,31+,32-,34-,35-,40+,41-,42+/m0/s1. The molecule has 2 heterocycles. The summed E-state index contributed by atoms with van der Waals surface area (Å²) in [7, 11) is -2.58. The van der Waals surface area contributed by atoms with Gasteiger partial charge >= 0.3 is 24.1 Å². The molecule has 1 N–H and O–H groups in total. The molecule has 10 atom stereocenters. The molecular weight excluding hydrogens is 741 g/mol. The van der Waals surface area contributed by atoms with E-state index in [2.05, 4.69) is 20.8 Å². The second-order valence-electron chi connectivity index (χ2n) is 18.2. The number of Topliss-reactive ketones (excluding diaryl/α,β-unsaturated/α-hetero) is 1. The van der Waals surface area contributed by atoms with E-state index in [1.54, 1.807) is 58.0 Å². The molecule has 13 nitrogen and oxygen atoms in total. The Morgan fingerprint density at radius 3 is 2.14 bits per heavy atom. The van der Waals surface area contributed by atoms with Gasteiger partial charge < -0.3 is 38.0 Å². The normalized spacial score (nSPS) is 36.0. The van der Waals surface area contributed by atoms with Crippen LogP contribution in [0.2, 0.25) is 18.1 Å². The van der Waals surface area contributed by atoms with E-state index < -0.39 is 108 Å². The molecule has 2 aliphatic heterocycles. The third-order valence-electron chi connectivity index (χ3n) is 13.6. The van der Waals surface area contributed by atoms with Crippen molar-refractivity contribution in [3.8, 4) is 0 Å². The maximum Gasteiger partial charge on any atom is 0.509 e. The lowest BCUT2D eigenvalue weighted by atomic mass is 9.44. The first kappa shape index (κ1) is 42.0. The first-order valence-corrected chi connectivity index (χ1v) is 22.4. The third-order valence-corrected chi connectivity index (χ3v) is 18.3.